The number of carbonyl (C=O) groups excluding carboxylic acids is 1. The minimum absolute atomic E-state index is 0.0908. The number of carbonyl (C=O) groups is 1. The van der Waals surface area contributed by atoms with E-state index in [2.05, 4.69) is 46.3 Å². The van der Waals surface area contributed by atoms with Crippen LogP contribution in [0, 0.1) is 13.8 Å². The Kier molecular flexibility index (Phi) is 3.34. The third-order valence-corrected chi connectivity index (χ3v) is 5.45. The van der Waals surface area contributed by atoms with Crippen LogP contribution in [0.15, 0.2) is 36.0 Å². The molecule has 3 heterocycles. The number of aromatic amines is 1. The van der Waals surface area contributed by atoms with Crippen LogP contribution in [0.2, 0.25) is 0 Å². The zero-order valence-corrected chi connectivity index (χ0v) is 15.6. The van der Waals surface area contributed by atoms with Crippen molar-refractivity contribution in [2.75, 3.05) is 0 Å². The fourth-order valence-electron chi connectivity index (χ4n) is 4.09. The van der Waals surface area contributed by atoms with Crippen LogP contribution in [0.1, 0.15) is 39.3 Å². The Bertz CT molecular complexity index is 1270. The van der Waals surface area contributed by atoms with Gasteiger partial charge in [0.15, 0.2) is 5.65 Å². The Morgan fingerprint density at radius 1 is 1.15 bits per heavy atom. The van der Waals surface area contributed by atoms with Crippen molar-refractivity contribution in [2.45, 2.75) is 26.7 Å². The molecule has 1 aromatic carbocycles. The number of nitrogens with one attached hydrogen (secondary N) is 1. The van der Waals surface area contributed by atoms with Gasteiger partial charge in [-0.3, -0.25) is 9.48 Å². The molecule has 0 radical (unpaired) electrons. The van der Waals surface area contributed by atoms with Gasteiger partial charge in [0, 0.05) is 35.1 Å². The summed E-state index contributed by atoms with van der Waals surface area (Å²) in [6.07, 6.45) is 5.41. The molecule has 5 heteroatoms. The van der Waals surface area contributed by atoms with Gasteiger partial charge >= 0.3 is 0 Å². The monoisotopic (exact) mass is 356 g/mol. The molecule has 5 rings (SSSR count). The number of Topliss-reactive ketones (excluding diaryl/α,β-unsaturated/α-hetero) is 1. The van der Waals surface area contributed by atoms with Crippen molar-refractivity contribution in [3.63, 3.8) is 0 Å². The molecule has 27 heavy (non-hydrogen) atoms. The van der Waals surface area contributed by atoms with Crippen molar-refractivity contribution in [3.05, 3.63) is 64.1 Å². The molecule has 1 aliphatic rings. The Balaban J connectivity index is 1.58. The van der Waals surface area contributed by atoms with Crippen LogP contribution in [0.4, 0.5) is 0 Å². The van der Waals surface area contributed by atoms with E-state index in [4.69, 9.17) is 0 Å². The summed E-state index contributed by atoms with van der Waals surface area (Å²) >= 11 is 0. The van der Waals surface area contributed by atoms with Gasteiger partial charge in [-0.15, -0.1) is 0 Å². The van der Waals surface area contributed by atoms with Crippen molar-refractivity contribution < 1.29 is 4.79 Å². The summed E-state index contributed by atoms with van der Waals surface area (Å²) in [5.74, 6) is 0.0908. The normalized spacial score (nSPS) is 15.8. The fourth-order valence-corrected chi connectivity index (χ4v) is 4.09. The zero-order valence-electron chi connectivity index (χ0n) is 15.6. The van der Waals surface area contributed by atoms with Crippen molar-refractivity contribution >= 4 is 33.8 Å². The van der Waals surface area contributed by atoms with E-state index >= 15 is 0 Å². The average Bonchev–Trinajstić information content (AvgIpc) is 3.15. The van der Waals surface area contributed by atoms with Crippen LogP contribution in [0.3, 0.4) is 0 Å². The number of aromatic nitrogens is 4. The van der Waals surface area contributed by atoms with E-state index in [-0.39, 0.29) is 5.78 Å². The molecule has 5 nitrogen and oxygen atoms in total. The van der Waals surface area contributed by atoms with Crippen LogP contribution in [0.5, 0.6) is 0 Å². The van der Waals surface area contributed by atoms with Gasteiger partial charge in [-0.1, -0.05) is 11.6 Å². The number of hydrogen-bond acceptors (Lipinski definition) is 3. The third kappa shape index (κ3) is 2.42. The molecule has 3 aromatic heterocycles. The molecule has 0 saturated carbocycles. The molecule has 0 fully saturated rings. The largest absolute Gasteiger partial charge is 0.352 e. The standard InChI is InChI=1S/C22H20N4O/c1-12-4-7-19-18(8-12)16-6-5-15(21(27)20(16)24-19)9-14-10-17-13(2)25-26(3)22(17)23-11-14/h4,7-11,24H,5-6H2,1-3H3/b15-9+. The van der Waals surface area contributed by atoms with Gasteiger partial charge in [0.05, 0.1) is 11.4 Å². The van der Waals surface area contributed by atoms with Crippen molar-refractivity contribution in [3.8, 4) is 0 Å². The predicted molar refractivity (Wildman–Crippen MR) is 107 cm³/mol. The second kappa shape index (κ2) is 5.64. The molecule has 1 N–H and O–H groups in total. The Hall–Kier alpha value is -3.21. The minimum Gasteiger partial charge on any atom is -0.352 e. The molecule has 0 saturated heterocycles. The second-order valence-electron chi connectivity index (χ2n) is 7.38. The summed E-state index contributed by atoms with van der Waals surface area (Å²) in [4.78, 5) is 20.9. The maximum atomic E-state index is 13.1. The maximum absolute atomic E-state index is 13.1. The fraction of sp³-hybridized carbons (Fsp3) is 0.227. The van der Waals surface area contributed by atoms with Crippen molar-refractivity contribution in [1.82, 2.24) is 19.7 Å². The Morgan fingerprint density at radius 3 is 2.85 bits per heavy atom. The molecule has 0 amide bonds. The number of benzene rings is 1. The summed E-state index contributed by atoms with van der Waals surface area (Å²) in [6, 6.07) is 8.36. The average molecular weight is 356 g/mol. The first kappa shape index (κ1) is 16.0. The number of fused-ring (bicyclic) bond motifs is 4. The van der Waals surface area contributed by atoms with E-state index in [0.717, 1.165) is 57.5 Å². The van der Waals surface area contributed by atoms with Gasteiger partial charge in [0.1, 0.15) is 0 Å². The summed E-state index contributed by atoms with van der Waals surface area (Å²) < 4.78 is 1.78. The lowest BCUT2D eigenvalue weighted by molar-refractivity contribution is 0.102. The molecule has 0 unspecified atom stereocenters. The quantitative estimate of drug-likeness (QED) is 0.518. The van der Waals surface area contributed by atoms with E-state index in [9.17, 15) is 4.79 Å². The zero-order chi connectivity index (χ0) is 18.7. The van der Waals surface area contributed by atoms with Gasteiger partial charge in [-0.2, -0.15) is 5.10 Å². The van der Waals surface area contributed by atoms with Crippen molar-refractivity contribution in [1.29, 1.82) is 0 Å². The molecule has 0 aliphatic heterocycles. The molecule has 134 valence electrons. The lowest BCUT2D eigenvalue weighted by Crippen LogP contribution is -2.13. The lowest BCUT2D eigenvalue weighted by atomic mass is 9.89. The second-order valence-corrected chi connectivity index (χ2v) is 7.38. The highest BCUT2D eigenvalue weighted by Gasteiger charge is 2.26. The minimum atomic E-state index is 0.0908. The number of rotatable bonds is 1. The smallest absolute Gasteiger partial charge is 0.205 e. The van der Waals surface area contributed by atoms with Crippen LogP contribution in [-0.2, 0) is 13.5 Å². The van der Waals surface area contributed by atoms with E-state index < -0.39 is 0 Å². The van der Waals surface area contributed by atoms with Crippen LogP contribution in [-0.4, -0.2) is 25.5 Å². The van der Waals surface area contributed by atoms with Crippen LogP contribution < -0.4 is 0 Å². The van der Waals surface area contributed by atoms with E-state index in [0.29, 0.717) is 0 Å². The highest BCUT2D eigenvalue weighted by molar-refractivity contribution is 6.15. The van der Waals surface area contributed by atoms with Gasteiger partial charge in [0.25, 0.3) is 0 Å². The summed E-state index contributed by atoms with van der Waals surface area (Å²) in [7, 11) is 1.89. The number of aryl methyl sites for hydroxylation is 4. The molecule has 1 aliphatic carbocycles. The number of ketones is 1. The molecule has 0 bridgehead atoms. The number of pyridine rings is 1. The number of allylic oxidation sites excluding steroid dienone is 1. The first-order valence-electron chi connectivity index (χ1n) is 9.17. The van der Waals surface area contributed by atoms with Crippen LogP contribution >= 0.6 is 0 Å². The molecular formula is C22H20N4O. The Morgan fingerprint density at radius 2 is 2.00 bits per heavy atom. The molecule has 0 spiro atoms. The first-order chi connectivity index (χ1) is 13.0. The molecule has 4 aromatic rings. The summed E-state index contributed by atoms with van der Waals surface area (Å²) in [6.45, 7) is 4.06. The summed E-state index contributed by atoms with van der Waals surface area (Å²) in [5.41, 5.74) is 7.71. The predicted octanol–water partition coefficient (Wildman–Crippen LogP) is 4.28. The number of hydrogen-bond donors (Lipinski definition) is 1. The first-order valence-corrected chi connectivity index (χ1v) is 9.17. The van der Waals surface area contributed by atoms with Gasteiger partial charge in [-0.05, 0) is 62.1 Å². The SMILES string of the molecule is Cc1ccc2[nH]c3c(c2c1)CC/C(=C\c1cnc2c(c1)c(C)nn2C)C3=O. The maximum Gasteiger partial charge on any atom is 0.205 e. The van der Waals surface area contributed by atoms with Gasteiger partial charge in [-0.25, -0.2) is 4.98 Å². The number of nitrogens with zero attached hydrogens (tertiary/aromatic N) is 3. The lowest BCUT2D eigenvalue weighted by Gasteiger charge is -2.14. The molecule has 0 atom stereocenters. The third-order valence-electron chi connectivity index (χ3n) is 5.45. The van der Waals surface area contributed by atoms with E-state index in [1.807, 2.05) is 26.2 Å². The highest BCUT2D eigenvalue weighted by Crippen LogP contribution is 2.33. The highest BCUT2D eigenvalue weighted by atomic mass is 16.1. The van der Waals surface area contributed by atoms with E-state index in [1.165, 1.54) is 10.9 Å². The van der Waals surface area contributed by atoms with E-state index in [1.54, 1.807) is 4.68 Å². The topological polar surface area (TPSA) is 63.6 Å². The van der Waals surface area contributed by atoms with Gasteiger partial charge < -0.3 is 4.98 Å². The Labute approximate surface area is 156 Å². The molecular weight excluding hydrogens is 336 g/mol. The van der Waals surface area contributed by atoms with Gasteiger partial charge in [0.2, 0.25) is 5.78 Å². The van der Waals surface area contributed by atoms with Crippen molar-refractivity contribution in [2.24, 2.45) is 7.05 Å². The summed E-state index contributed by atoms with van der Waals surface area (Å²) in [5, 5.41) is 6.61. The number of H-pyrrole nitrogens is 1. The van der Waals surface area contributed by atoms with Crippen LogP contribution in [0.25, 0.3) is 28.0 Å².